The Hall–Kier alpha value is -1.76. The van der Waals surface area contributed by atoms with Crippen LogP contribution in [0.4, 0.5) is 5.69 Å². The first-order chi connectivity index (χ1) is 11.6. The number of anilines is 1. The SMILES string of the molecule is COc1ccc(CN2c3ccc(S(=O)(=O)O)cc3C(C)(C)C2C)cc1.Cl. The Morgan fingerprint density at radius 3 is 2.31 bits per heavy atom. The van der Waals surface area contributed by atoms with Crippen molar-refractivity contribution in [2.24, 2.45) is 0 Å². The van der Waals surface area contributed by atoms with Crippen LogP contribution in [0.1, 0.15) is 31.9 Å². The van der Waals surface area contributed by atoms with E-state index < -0.39 is 10.1 Å². The van der Waals surface area contributed by atoms with E-state index in [-0.39, 0.29) is 28.8 Å². The molecule has 7 heteroatoms. The molecule has 0 saturated heterocycles. The molecule has 142 valence electrons. The number of benzene rings is 2. The average molecular weight is 398 g/mol. The van der Waals surface area contributed by atoms with Gasteiger partial charge in [0.1, 0.15) is 5.75 Å². The Morgan fingerprint density at radius 1 is 1.15 bits per heavy atom. The van der Waals surface area contributed by atoms with Crippen molar-refractivity contribution in [2.45, 2.75) is 43.7 Å². The minimum Gasteiger partial charge on any atom is -0.497 e. The molecule has 1 aliphatic rings. The van der Waals surface area contributed by atoms with Crippen LogP contribution < -0.4 is 9.64 Å². The summed E-state index contributed by atoms with van der Waals surface area (Å²) in [5, 5.41) is 0. The first-order valence-electron chi connectivity index (χ1n) is 8.16. The Bertz CT molecular complexity index is 894. The van der Waals surface area contributed by atoms with Crippen molar-refractivity contribution in [1.29, 1.82) is 0 Å². The molecule has 0 fully saturated rings. The lowest BCUT2D eigenvalue weighted by molar-refractivity contribution is 0.414. The highest BCUT2D eigenvalue weighted by Gasteiger charge is 2.42. The zero-order valence-electron chi connectivity index (χ0n) is 15.3. The van der Waals surface area contributed by atoms with Crippen molar-refractivity contribution in [1.82, 2.24) is 0 Å². The summed E-state index contributed by atoms with van der Waals surface area (Å²) in [6.45, 7) is 7.04. The van der Waals surface area contributed by atoms with Crippen LogP contribution in [0.25, 0.3) is 0 Å². The molecule has 1 atom stereocenters. The number of methoxy groups -OCH3 is 1. The third kappa shape index (κ3) is 3.54. The van der Waals surface area contributed by atoms with Gasteiger partial charge >= 0.3 is 0 Å². The zero-order valence-corrected chi connectivity index (χ0v) is 16.9. The second-order valence-corrected chi connectivity index (χ2v) is 8.45. The highest BCUT2D eigenvalue weighted by atomic mass is 35.5. The predicted octanol–water partition coefficient (Wildman–Crippen LogP) is 4.05. The predicted molar refractivity (Wildman–Crippen MR) is 105 cm³/mol. The molecular weight excluding hydrogens is 374 g/mol. The van der Waals surface area contributed by atoms with Crippen LogP contribution in [0.2, 0.25) is 0 Å². The van der Waals surface area contributed by atoms with Gasteiger partial charge in [0, 0.05) is 23.7 Å². The van der Waals surface area contributed by atoms with E-state index >= 15 is 0 Å². The summed E-state index contributed by atoms with van der Waals surface area (Å²) in [5.74, 6) is 0.816. The molecule has 1 unspecified atom stereocenters. The maximum Gasteiger partial charge on any atom is 0.294 e. The maximum absolute atomic E-state index is 11.5. The van der Waals surface area contributed by atoms with Gasteiger partial charge in [-0.05, 0) is 48.4 Å². The number of nitrogens with zero attached hydrogens (tertiary/aromatic N) is 1. The molecule has 26 heavy (non-hydrogen) atoms. The van der Waals surface area contributed by atoms with Gasteiger partial charge in [-0.1, -0.05) is 26.0 Å². The van der Waals surface area contributed by atoms with Gasteiger partial charge in [-0.25, -0.2) is 0 Å². The van der Waals surface area contributed by atoms with Gasteiger partial charge in [0.05, 0.1) is 12.0 Å². The molecule has 1 N–H and O–H groups in total. The second-order valence-electron chi connectivity index (χ2n) is 7.03. The lowest BCUT2D eigenvalue weighted by Crippen LogP contribution is -2.38. The molecule has 3 rings (SSSR count). The second kappa shape index (κ2) is 7.10. The third-order valence-electron chi connectivity index (χ3n) is 5.29. The quantitative estimate of drug-likeness (QED) is 0.788. The highest BCUT2D eigenvalue weighted by Crippen LogP contribution is 2.46. The molecule has 1 heterocycles. The number of hydrogen-bond donors (Lipinski definition) is 1. The van der Waals surface area contributed by atoms with E-state index in [0.29, 0.717) is 6.54 Å². The van der Waals surface area contributed by atoms with Crippen molar-refractivity contribution in [3.63, 3.8) is 0 Å². The fraction of sp³-hybridized carbons (Fsp3) is 0.368. The Balaban J connectivity index is 0.00000243. The van der Waals surface area contributed by atoms with Crippen LogP contribution in [0.3, 0.4) is 0 Å². The minimum absolute atomic E-state index is 0. The molecule has 0 aliphatic carbocycles. The fourth-order valence-corrected chi connectivity index (χ4v) is 3.92. The third-order valence-corrected chi connectivity index (χ3v) is 6.14. The van der Waals surface area contributed by atoms with Crippen molar-refractivity contribution in [3.05, 3.63) is 53.6 Å². The lowest BCUT2D eigenvalue weighted by Gasteiger charge is -2.31. The molecule has 0 aromatic heterocycles. The molecule has 0 saturated carbocycles. The Kier molecular flexibility index (Phi) is 5.61. The van der Waals surface area contributed by atoms with E-state index in [4.69, 9.17) is 4.74 Å². The van der Waals surface area contributed by atoms with Gasteiger partial charge in [0.15, 0.2) is 0 Å². The van der Waals surface area contributed by atoms with Gasteiger partial charge in [0.2, 0.25) is 0 Å². The maximum atomic E-state index is 11.5. The average Bonchev–Trinajstić information content (AvgIpc) is 2.75. The summed E-state index contributed by atoms with van der Waals surface area (Å²) in [7, 11) is -2.57. The van der Waals surface area contributed by atoms with Crippen molar-refractivity contribution in [3.8, 4) is 5.75 Å². The van der Waals surface area contributed by atoms with Gasteiger partial charge in [-0.15, -0.1) is 12.4 Å². The fourth-order valence-electron chi connectivity index (χ4n) is 3.42. The van der Waals surface area contributed by atoms with Gasteiger partial charge in [0.25, 0.3) is 10.1 Å². The molecule has 1 aliphatic heterocycles. The molecular formula is C19H24ClNO4S. The molecule has 0 bridgehead atoms. The summed E-state index contributed by atoms with van der Waals surface area (Å²) < 4.78 is 37.5. The standard InChI is InChI=1S/C19H23NO4S.ClH/c1-13-19(2,3)17-11-16(25(21,22)23)9-10-18(17)20(13)12-14-5-7-15(24-4)8-6-14;/h5-11,13H,12H2,1-4H3,(H,21,22,23);1H. The normalized spacial score (nSPS) is 18.2. The number of ether oxygens (including phenoxy) is 1. The van der Waals surface area contributed by atoms with Crippen molar-refractivity contribution in [2.75, 3.05) is 12.0 Å². The van der Waals surface area contributed by atoms with Gasteiger partial charge in [-0.3, -0.25) is 4.55 Å². The van der Waals surface area contributed by atoms with E-state index in [1.807, 2.05) is 24.3 Å². The Morgan fingerprint density at radius 2 is 1.77 bits per heavy atom. The molecule has 0 spiro atoms. The zero-order chi connectivity index (χ0) is 18.4. The first kappa shape index (κ1) is 20.6. The van der Waals surface area contributed by atoms with E-state index in [9.17, 15) is 13.0 Å². The molecule has 0 amide bonds. The van der Waals surface area contributed by atoms with E-state index in [2.05, 4.69) is 25.7 Å². The number of rotatable bonds is 4. The Labute approximate surface area is 161 Å². The van der Waals surface area contributed by atoms with Gasteiger partial charge < -0.3 is 9.64 Å². The van der Waals surface area contributed by atoms with Crippen LogP contribution in [0, 0.1) is 0 Å². The molecule has 2 aromatic rings. The monoisotopic (exact) mass is 397 g/mol. The first-order valence-corrected chi connectivity index (χ1v) is 9.60. The number of halogens is 1. The molecule has 0 radical (unpaired) electrons. The van der Waals surface area contributed by atoms with Crippen molar-refractivity contribution >= 4 is 28.2 Å². The summed E-state index contributed by atoms with van der Waals surface area (Å²) in [6, 6.07) is 13.0. The van der Waals surface area contributed by atoms with Gasteiger partial charge in [-0.2, -0.15) is 8.42 Å². The largest absolute Gasteiger partial charge is 0.497 e. The lowest BCUT2D eigenvalue weighted by atomic mass is 9.81. The van der Waals surface area contributed by atoms with Crippen LogP contribution in [0.15, 0.2) is 47.4 Å². The summed E-state index contributed by atoms with van der Waals surface area (Å²) >= 11 is 0. The van der Waals surface area contributed by atoms with Crippen LogP contribution in [-0.2, 0) is 22.1 Å². The van der Waals surface area contributed by atoms with Crippen molar-refractivity contribution < 1.29 is 17.7 Å². The topological polar surface area (TPSA) is 66.8 Å². The minimum atomic E-state index is -4.21. The van der Waals surface area contributed by atoms with Crippen LogP contribution in [0.5, 0.6) is 5.75 Å². The number of hydrogen-bond acceptors (Lipinski definition) is 4. The number of fused-ring (bicyclic) bond motifs is 1. The van der Waals surface area contributed by atoms with E-state index in [0.717, 1.165) is 22.6 Å². The summed E-state index contributed by atoms with van der Waals surface area (Å²) in [5.41, 5.74) is 2.85. The van der Waals surface area contributed by atoms with Crippen LogP contribution in [-0.4, -0.2) is 26.1 Å². The highest BCUT2D eigenvalue weighted by molar-refractivity contribution is 7.85. The van der Waals surface area contributed by atoms with Crippen LogP contribution >= 0.6 is 12.4 Å². The smallest absolute Gasteiger partial charge is 0.294 e. The summed E-state index contributed by atoms with van der Waals surface area (Å²) in [4.78, 5) is 2.21. The van der Waals surface area contributed by atoms with E-state index in [1.165, 1.54) is 6.07 Å². The molecule has 2 aromatic carbocycles. The molecule has 5 nitrogen and oxygen atoms in total. The van der Waals surface area contributed by atoms with E-state index in [1.54, 1.807) is 19.2 Å². The summed E-state index contributed by atoms with van der Waals surface area (Å²) in [6.07, 6.45) is 0.